The van der Waals surface area contributed by atoms with E-state index < -0.39 is 52.7 Å². The van der Waals surface area contributed by atoms with Crippen LogP contribution in [0.2, 0.25) is 0 Å². The number of anilines is 1. The highest BCUT2D eigenvalue weighted by Crippen LogP contribution is 2.56. The molecule has 0 aromatic carbocycles. The Bertz CT molecular complexity index is 1560. The zero-order valence-corrected chi connectivity index (χ0v) is 23.6. The van der Waals surface area contributed by atoms with Gasteiger partial charge in [0.25, 0.3) is 21.6 Å². The molecule has 18 nitrogen and oxygen atoms in total. The number of phosphoric acid groups is 2. The molecule has 0 radical (unpaired) electrons. The number of primary amides is 1. The first-order valence-corrected chi connectivity index (χ1v) is 15.6. The third-order valence-corrected chi connectivity index (χ3v) is 9.64. The van der Waals surface area contributed by atoms with Crippen LogP contribution in [0, 0.1) is 5.92 Å². The highest BCUT2D eigenvalue weighted by Gasteiger charge is 2.45. The maximum atomic E-state index is 12.3. The van der Waals surface area contributed by atoms with Crippen LogP contribution < -0.4 is 25.8 Å². The summed E-state index contributed by atoms with van der Waals surface area (Å²) in [5.41, 5.74) is 11.8. The van der Waals surface area contributed by atoms with E-state index in [9.17, 15) is 33.9 Å². The summed E-state index contributed by atoms with van der Waals surface area (Å²) >= 11 is 0. The summed E-state index contributed by atoms with van der Waals surface area (Å²) in [6.45, 7) is -1.22. The molecule has 4 heterocycles. The minimum Gasteiger partial charge on any atom is -0.756 e. The summed E-state index contributed by atoms with van der Waals surface area (Å²) in [4.78, 5) is 47.9. The molecule has 228 valence electrons. The second kappa shape index (κ2) is 12.0. The SMILES string of the molecule is NC(=O)c1ccc[n+](C2CCC(COP(=O)([O-])OP(=O)([O-])OCC3OC(n4cnc5c(N)ncnc54)C(O)C3O)C2)c1. The number of aliphatic hydroxyl groups is 2. The van der Waals surface area contributed by atoms with Gasteiger partial charge in [0.15, 0.2) is 36.1 Å². The van der Waals surface area contributed by atoms with Gasteiger partial charge in [-0.05, 0) is 18.4 Å². The standard InChI is InChI=1S/C22H29N7O11P2/c23-19-16-21(26-10-25-19)29(11-27-16)22-18(31)17(30)15(39-22)9-38-42(35,36)40-41(33,34)37-8-12-3-4-14(6-12)28-5-1-2-13(7-28)20(24)32/h1-2,5,7,10-12,14-15,17-18,22,30-31H,3-4,6,8-9H2,(H5-,23,24,25,26,32,33,34,35,36)/p-1. The molecule has 5 rings (SSSR count). The Labute approximate surface area is 238 Å². The van der Waals surface area contributed by atoms with Crippen molar-refractivity contribution in [2.45, 2.75) is 49.8 Å². The fourth-order valence-corrected chi connectivity index (χ4v) is 7.10. The van der Waals surface area contributed by atoms with Crippen LogP contribution in [-0.4, -0.2) is 67.2 Å². The zero-order chi connectivity index (χ0) is 30.2. The monoisotopic (exact) mass is 628 g/mol. The summed E-state index contributed by atoms with van der Waals surface area (Å²) in [7, 11) is -10.9. The molecule has 0 spiro atoms. The Hall–Kier alpha value is -2.89. The number of pyridine rings is 1. The number of amides is 1. The van der Waals surface area contributed by atoms with E-state index in [1.54, 1.807) is 24.5 Å². The number of fused-ring (bicyclic) bond motifs is 1. The van der Waals surface area contributed by atoms with E-state index in [-0.39, 0.29) is 35.5 Å². The highest BCUT2D eigenvalue weighted by atomic mass is 31.3. The number of aliphatic hydroxyl groups excluding tert-OH is 2. The number of nitrogen functional groups attached to an aromatic ring is 1. The van der Waals surface area contributed by atoms with Crippen LogP contribution in [0.1, 0.15) is 41.9 Å². The average Bonchev–Trinajstić information content (AvgIpc) is 3.65. The summed E-state index contributed by atoms with van der Waals surface area (Å²) in [6, 6.07) is 3.22. The van der Waals surface area contributed by atoms with Crippen LogP contribution in [-0.2, 0) is 27.2 Å². The minimum atomic E-state index is -5.50. The molecule has 3 aromatic heterocycles. The molecule has 1 aliphatic heterocycles. The lowest BCUT2D eigenvalue weighted by atomic mass is 10.1. The number of carbonyl (C=O) groups is 1. The molecule has 0 bridgehead atoms. The number of carbonyl (C=O) groups excluding carboxylic acids is 1. The lowest BCUT2D eigenvalue weighted by Crippen LogP contribution is -2.38. The lowest BCUT2D eigenvalue weighted by Gasteiger charge is -2.31. The van der Waals surface area contributed by atoms with Gasteiger partial charge >= 0.3 is 0 Å². The summed E-state index contributed by atoms with van der Waals surface area (Å²) in [6.07, 6.45) is 1.70. The molecule has 1 aliphatic carbocycles. The number of ether oxygens (including phenoxy) is 1. The first-order chi connectivity index (χ1) is 19.8. The van der Waals surface area contributed by atoms with Gasteiger partial charge in [-0.2, -0.15) is 0 Å². The molecular weight excluding hydrogens is 600 g/mol. The zero-order valence-electron chi connectivity index (χ0n) is 21.8. The van der Waals surface area contributed by atoms with Crippen molar-refractivity contribution in [2.24, 2.45) is 11.7 Å². The van der Waals surface area contributed by atoms with E-state index in [0.717, 1.165) is 6.33 Å². The van der Waals surface area contributed by atoms with Crippen molar-refractivity contribution in [1.82, 2.24) is 19.5 Å². The van der Waals surface area contributed by atoms with Crippen LogP contribution in [0.25, 0.3) is 11.2 Å². The second-order valence-electron chi connectivity index (χ2n) is 9.93. The van der Waals surface area contributed by atoms with Gasteiger partial charge < -0.3 is 45.3 Å². The van der Waals surface area contributed by atoms with Crippen LogP contribution in [0.5, 0.6) is 0 Å². The molecule has 42 heavy (non-hydrogen) atoms. The Morgan fingerprint density at radius 3 is 2.62 bits per heavy atom. The minimum absolute atomic E-state index is 0.0408. The van der Waals surface area contributed by atoms with E-state index in [2.05, 4.69) is 23.8 Å². The maximum Gasteiger partial charge on any atom is 0.274 e. The average molecular weight is 628 g/mol. The molecule has 1 saturated carbocycles. The van der Waals surface area contributed by atoms with E-state index in [1.807, 2.05) is 4.57 Å². The molecule has 2 fully saturated rings. The van der Waals surface area contributed by atoms with Crippen molar-refractivity contribution in [3.05, 3.63) is 42.7 Å². The number of rotatable bonds is 11. The highest BCUT2D eigenvalue weighted by molar-refractivity contribution is 7.59. The molecule has 20 heteroatoms. The molecule has 1 saturated heterocycles. The third kappa shape index (κ3) is 6.68. The van der Waals surface area contributed by atoms with E-state index >= 15 is 0 Å². The molecule has 1 amide bonds. The lowest BCUT2D eigenvalue weighted by molar-refractivity contribution is -0.722. The van der Waals surface area contributed by atoms with E-state index in [0.29, 0.717) is 24.8 Å². The molecular formula is C22H28N7O11P2-. The van der Waals surface area contributed by atoms with Gasteiger partial charge in [-0.1, -0.05) is 0 Å². The first-order valence-electron chi connectivity index (χ1n) is 12.7. The van der Waals surface area contributed by atoms with Gasteiger partial charge in [-0.15, -0.1) is 0 Å². The quantitative estimate of drug-likeness (QED) is 0.138. The normalized spacial score (nSPS) is 29.0. The molecule has 8 atom stereocenters. The Morgan fingerprint density at radius 2 is 1.88 bits per heavy atom. The fourth-order valence-electron chi connectivity index (χ4n) is 5.02. The Kier molecular flexibility index (Phi) is 8.74. The number of hydrogen-bond acceptors (Lipinski definition) is 15. The largest absolute Gasteiger partial charge is 0.756 e. The van der Waals surface area contributed by atoms with Crippen molar-refractivity contribution in [2.75, 3.05) is 18.9 Å². The third-order valence-electron chi connectivity index (χ3n) is 7.11. The smallest absolute Gasteiger partial charge is 0.274 e. The van der Waals surface area contributed by atoms with Crippen molar-refractivity contribution in [1.29, 1.82) is 0 Å². The van der Waals surface area contributed by atoms with Crippen molar-refractivity contribution < 1.29 is 56.6 Å². The number of nitrogens with zero attached hydrogens (tertiary/aromatic N) is 5. The summed E-state index contributed by atoms with van der Waals surface area (Å²) in [5, 5.41) is 20.9. The number of imidazole rings is 1. The molecule has 8 unspecified atom stereocenters. The van der Waals surface area contributed by atoms with Gasteiger partial charge in [0.2, 0.25) is 0 Å². The molecule has 3 aromatic rings. The maximum absolute atomic E-state index is 12.3. The van der Waals surface area contributed by atoms with Crippen LogP contribution >= 0.6 is 15.6 Å². The van der Waals surface area contributed by atoms with Gasteiger partial charge in [-0.25, -0.2) is 23.8 Å². The number of nitrogens with two attached hydrogens (primary N) is 2. The number of phosphoric ester groups is 2. The van der Waals surface area contributed by atoms with Crippen molar-refractivity contribution in [3.8, 4) is 0 Å². The number of aromatic nitrogens is 5. The van der Waals surface area contributed by atoms with Crippen LogP contribution in [0.4, 0.5) is 5.82 Å². The first kappa shape index (κ1) is 30.6. The Balaban J connectivity index is 1.12. The van der Waals surface area contributed by atoms with Crippen LogP contribution in [0.3, 0.4) is 0 Å². The van der Waals surface area contributed by atoms with Crippen molar-refractivity contribution in [3.63, 3.8) is 0 Å². The second-order valence-corrected chi connectivity index (χ2v) is 12.9. The fraction of sp³-hybridized carbons (Fsp3) is 0.500. The van der Waals surface area contributed by atoms with E-state index in [4.69, 9.17) is 20.7 Å². The van der Waals surface area contributed by atoms with Gasteiger partial charge in [0.1, 0.15) is 35.7 Å². The molecule has 6 N–H and O–H groups in total. The predicted molar refractivity (Wildman–Crippen MR) is 135 cm³/mol. The van der Waals surface area contributed by atoms with Gasteiger partial charge in [-0.3, -0.25) is 18.5 Å². The van der Waals surface area contributed by atoms with Gasteiger partial charge in [0.05, 0.1) is 19.5 Å². The predicted octanol–water partition coefficient (Wildman–Crippen LogP) is -1.56. The summed E-state index contributed by atoms with van der Waals surface area (Å²) in [5.74, 6) is -0.742. The summed E-state index contributed by atoms with van der Waals surface area (Å²) < 4.78 is 46.8. The number of hydrogen-bond donors (Lipinski definition) is 4. The topological polar surface area (TPSA) is 274 Å². The van der Waals surface area contributed by atoms with Crippen molar-refractivity contribution >= 4 is 38.5 Å². The van der Waals surface area contributed by atoms with Gasteiger partial charge in [0, 0.05) is 18.9 Å². The van der Waals surface area contributed by atoms with Crippen LogP contribution in [0.15, 0.2) is 37.2 Å². The Morgan fingerprint density at radius 1 is 1.14 bits per heavy atom. The molecule has 2 aliphatic rings. The van der Waals surface area contributed by atoms with E-state index in [1.165, 1.54) is 10.9 Å².